The number of halogens is 1. The van der Waals surface area contributed by atoms with E-state index in [4.69, 9.17) is 0 Å². The largest absolute Gasteiger partial charge is 0.326 e. The number of anilines is 3. The van der Waals surface area contributed by atoms with Gasteiger partial charge >= 0.3 is 0 Å². The molecule has 3 aromatic rings. The lowest BCUT2D eigenvalue weighted by atomic mass is 9.78. The maximum Gasteiger partial charge on any atom is 0.252 e. The highest BCUT2D eigenvalue weighted by molar-refractivity contribution is 5.95. The van der Waals surface area contributed by atoms with Crippen molar-refractivity contribution >= 4 is 23.2 Å². The molecule has 0 fully saturated rings. The summed E-state index contributed by atoms with van der Waals surface area (Å²) in [6, 6.07) is 11.3. The molecule has 2 aromatic carbocycles. The third kappa shape index (κ3) is 4.02. The third-order valence-corrected chi connectivity index (χ3v) is 6.00. The van der Waals surface area contributed by atoms with Gasteiger partial charge in [0.15, 0.2) is 0 Å². The van der Waals surface area contributed by atoms with Gasteiger partial charge in [-0.05, 0) is 74.6 Å². The van der Waals surface area contributed by atoms with E-state index in [0.29, 0.717) is 17.3 Å². The quantitative estimate of drug-likeness (QED) is 0.589. The monoisotopic (exact) mass is 434 g/mol. The Hall–Kier alpha value is -3.48. The first-order valence-electron chi connectivity index (χ1n) is 10.6. The number of carbonyl (C=O) groups is 1. The van der Waals surface area contributed by atoms with E-state index in [-0.39, 0.29) is 28.8 Å². The first-order chi connectivity index (χ1) is 15.0. The summed E-state index contributed by atoms with van der Waals surface area (Å²) in [5.41, 5.74) is 4.21. The fourth-order valence-electron chi connectivity index (χ4n) is 4.78. The second-order valence-electron chi connectivity index (χ2n) is 9.11. The molecule has 0 saturated heterocycles. The van der Waals surface area contributed by atoms with E-state index in [1.54, 1.807) is 19.1 Å². The summed E-state index contributed by atoms with van der Waals surface area (Å²) < 4.78 is 13.2. The summed E-state index contributed by atoms with van der Waals surface area (Å²) in [5.74, 6) is 0.192. The van der Waals surface area contributed by atoms with Gasteiger partial charge in [0.05, 0.1) is 5.69 Å². The van der Waals surface area contributed by atoms with E-state index in [2.05, 4.69) is 42.1 Å². The number of amides is 1. The van der Waals surface area contributed by atoms with Crippen LogP contribution in [-0.4, -0.2) is 21.4 Å². The van der Waals surface area contributed by atoms with E-state index in [9.17, 15) is 14.0 Å². The van der Waals surface area contributed by atoms with Crippen molar-refractivity contribution in [2.75, 3.05) is 10.2 Å². The van der Waals surface area contributed by atoms with E-state index >= 15 is 0 Å². The maximum atomic E-state index is 13.2. The van der Waals surface area contributed by atoms with Gasteiger partial charge in [-0.2, -0.15) is 0 Å². The third-order valence-electron chi connectivity index (χ3n) is 6.00. The molecule has 32 heavy (non-hydrogen) atoms. The van der Waals surface area contributed by atoms with Gasteiger partial charge in [0.25, 0.3) is 5.56 Å². The number of nitrogens with one attached hydrogen (secondary N) is 2. The average Bonchev–Trinajstić information content (AvgIpc) is 2.68. The Morgan fingerprint density at radius 3 is 2.56 bits per heavy atom. The van der Waals surface area contributed by atoms with Crippen LogP contribution in [0, 0.1) is 12.7 Å². The molecule has 0 aliphatic carbocycles. The Kier molecular flexibility index (Phi) is 5.36. The van der Waals surface area contributed by atoms with Gasteiger partial charge in [0.1, 0.15) is 5.82 Å². The first kappa shape index (κ1) is 21.7. The minimum absolute atomic E-state index is 0.0181. The van der Waals surface area contributed by atoms with Crippen LogP contribution < -0.4 is 15.8 Å². The highest BCUT2D eigenvalue weighted by Gasteiger charge is 2.39. The second kappa shape index (κ2) is 7.89. The van der Waals surface area contributed by atoms with Crippen LogP contribution >= 0.6 is 0 Å². The highest BCUT2D eigenvalue weighted by atomic mass is 19.1. The van der Waals surface area contributed by atoms with Gasteiger partial charge in [-0.25, -0.2) is 9.37 Å². The van der Waals surface area contributed by atoms with Crippen LogP contribution in [-0.2, 0) is 4.79 Å². The number of hydrogen-bond acceptors (Lipinski definition) is 4. The fraction of sp³-hybridized carbons (Fsp3) is 0.320. The average molecular weight is 435 g/mol. The smallest absolute Gasteiger partial charge is 0.252 e. The molecule has 0 bridgehead atoms. The molecule has 1 atom stereocenters. The summed E-state index contributed by atoms with van der Waals surface area (Å²) in [6.45, 7) is 9.88. The zero-order chi connectivity index (χ0) is 23.2. The Bertz CT molecular complexity index is 1250. The van der Waals surface area contributed by atoms with Crippen LogP contribution in [0.5, 0.6) is 0 Å². The Morgan fingerprint density at radius 2 is 1.91 bits per heavy atom. The number of aryl methyl sites for hydroxylation is 1. The van der Waals surface area contributed by atoms with Crippen molar-refractivity contribution in [3.63, 3.8) is 0 Å². The molecular formula is C25H27FN4O2. The Morgan fingerprint density at radius 1 is 1.22 bits per heavy atom. The summed E-state index contributed by atoms with van der Waals surface area (Å²) in [6.07, 6.45) is 0.868. The van der Waals surface area contributed by atoms with Crippen molar-refractivity contribution in [3.8, 4) is 11.3 Å². The summed E-state index contributed by atoms with van der Waals surface area (Å²) in [5, 5.41) is 3.01. The predicted molar refractivity (Wildman–Crippen MR) is 125 cm³/mol. The summed E-state index contributed by atoms with van der Waals surface area (Å²) in [7, 11) is 0. The Labute approximate surface area is 186 Å². The number of H-pyrrole nitrogens is 1. The standard InChI is InChI=1S/C25H27FN4O2/c1-14-10-20-15(2)13-25(4,5)30(16(3)31)22(20)11-19(14)21-12-23(32)29-24(28-21)27-18-8-6-17(26)7-9-18/h6-12,15H,13H2,1-5H3,(H2,27,28,29,32). The predicted octanol–water partition coefficient (Wildman–Crippen LogP) is 5.27. The molecule has 0 spiro atoms. The SMILES string of the molecule is CC(=O)N1c2cc(-c3cc(=O)[nH]c(Nc4ccc(F)cc4)n3)c(C)cc2C(C)CC1(C)C. The molecule has 1 aromatic heterocycles. The number of aromatic amines is 1. The number of benzene rings is 2. The van der Waals surface area contributed by atoms with Crippen LogP contribution in [0.15, 0.2) is 47.3 Å². The van der Waals surface area contributed by atoms with Crippen molar-refractivity contribution in [1.82, 2.24) is 9.97 Å². The molecule has 2 heterocycles. The van der Waals surface area contributed by atoms with E-state index in [1.165, 1.54) is 18.2 Å². The van der Waals surface area contributed by atoms with Crippen molar-refractivity contribution in [1.29, 1.82) is 0 Å². The molecule has 0 radical (unpaired) electrons. The van der Waals surface area contributed by atoms with E-state index in [0.717, 1.165) is 28.8 Å². The molecule has 6 nitrogen and oxygen atoms in total. The van der Waals surface area contributed by atoms with E-state index in [1.807, 2.05) is 17.9 Å². The lowest BCUT2D eigenvalue weighted by molar-refractivity contribution is -0.117. The molecule has 4 rings (SSSR count). The lowest BCUT2D eigenvalue weighted by Crippen LogP contribution is -2.50. The van der Waals surface area contributed by atoms with Crippen LogP contribution in [0.25, 0.3) is 11.3 Å². The minimum atomic E-state index is -0.345. The van der Waals surface area contributed by atoms with Gasteiger partial charge in [-0.15, -0.1) is 0 Å². The summed E-state index contributed by atoms with van der Waals surface area (Å²) in [4.78, 5) is 34.1. The van der Waals surface area contributed by atoms with Gasteiger partial charge in [-0.1, -0.05) is 13.0 Å². The lowest BCUT2D eigenvalue weighted by Gasteiger charge is -2.46. The number of carbonyl (C=O) groups excluding carboxylic acids is 1. The van der Waals surface area contributed by atoms with Crippen LogP contribution in [0.4, 0.5) is 21.7 Å². The number of aromatic nitrogens is 2. The zero-order valence-corrected chi connectivity index (χ0v) is 18.9. The van der Waals surface area contributed by atoms with Gasteiger partial charge in [0, 0.05) is 35.5 Å². The highest BCUT2D eigenvalue weighted by Crippen LogP contribution is 2.45. The molecule has 7 heteroatoms. The molecule has 166 valence electrons. The number of hydrogen-bond donors (Lipinski definition) is 2. The second-order valence-corrected chi connectivity index (χ2v) is 9.11. The number of nitrogens with zero attached hydrogens (tertiary/aromatic N) is 2. The van der Waals surface area contributed by atoms with Gasteiger partial charge < -0.3 is 10.2 Å². The van der Waals surface area contributed by atoms with Gasteiger partial charge in [-0.3, -0.25) is 14.6 Å². The van der Waals surface area contributed by atoms with E-state index < -0.39 is 0 Å². The summed E-state index contributed by atoms with van der Waals surface area (Å²) >= 11 is 0. The van der Waals surface area contributed by atoms with Crippen LogP contribution in [0.2, 0.25) is 0 Å². The Balaban J connectivity index is 1.81. The number of fused-ring (bicyclic) bond motifs is 1. The first-order valence-corrected chi connectivity index (χ1v) is 10.6. The number of rotatable bonds is 3. The van der Waals surface area contributed by atoms with Crippen LogP contribution in [0.3, 0.4) is 0 Å². The minimum Gasteiger partial charge on any atom is -0.326 e. The van der Waals surface area contributed by atoms with Crippen molar-refractivity contribution in [2.45, 2.75) is 52.5 Å². The normalized spacial score (nSPS) is 17.1. The van der Waals surface area contributed by atoms with Crippen molar-refractivity contribution < 1.29 is 9.18 Å². The van der Waals surface area contributed by atoms with Crippen molar-refractivity contribution in [3.05, 3.63) is 69.8 Å². The molecule has 1 unspecified atom stereocenters. The zero-order valence-electron chi connectivity index (χ0n) is 18.9. The fourth-order valence-corrected chi connectivity index (χ4v) is 4.78. The van der Waals surface area contributed by atoms with Gasteiger partial charge in [0.2, 0.25) is 11.9 Å². The van der Waals surface area contributed by atoms with Crippen LogP contribution in [0.1, 0.15) is 51.2 Å². The molecule has 1 aliphatic rings. The topological polar surface area (TPSA) is 78.1 Å². The molecule has 0 saturated carbocycles. The maximum absolute atomic E-state index is 13.2. The molecule has 1 amide bonds. The molecule has 2 N–H and O–H groups in total. The molecular weight excluding hydrogens is 407 g/mol. The van der Waals surface area contributed by atoms with Crippen molar-refractivity contribution in [2.24, 2.45) is 0 Å². The molecule has 1 aliphatic heterocycles.